The van der Waals surface area contributed by atoms with Gasteiger partial charge >= 0.3 is 0 Å². The van der Waals surface area contributed by atoms with E-state index in [1.54, 1.807) is 0 Å². The first-order valence-electron chi connectivity index (χ1n) is 11.2. The van der Waals surface area contributed by atoms with Crippen molar-refractivity contribution in [1.82, 2.24) is 9.97 Å². The first-order valence-corrected chi connectivity index (χ1v) is 11.2. The lowest BCUT2D eigenvalue weighted by Gasteiger charge is -2.18. The molecule has 0 saturated carbocycles. The van der Waals surface area contributed by atoms with Crippen LogP contribution >= 0.6 is 0 Å². The molecule has 160 valence electrons. The summed E-state index contributed by atoms with van der Waals surface area (Å²) in [6.45, 7) is 8.82. The normalized spacial score (nSPS) is 12.0. The number of fused-ring (bicyclic) bond motifs is 3. The number of aromatic nitrogens is 2. The predicted molar refractivity (Wildman–Crippen MR) is 132 cm³/mol. The molecule has 3 heteroatoms. The summed E-state index contributed by atoms with van der Waals surface area (Å²) >= 11 is 0. The molecule has 3 heterocycles. The van der Waals surface area contributed by atoms with Gasteiger partial charge in [-0.1, -0.05) is 51.1 Å². The quantitative estimate of drug-likeness (QED) is 0.302. The van der Waals surface area contributed by atoms with Gasteiger partial charge in [-0.15, -0.1) is 0 Å². The van der Waals surface area contributed by atoms with Gasteiger partial charge in [-0.05, 0) is 60.2 Å². The van der Waals surface area contributed by atoms with E-state index in [9.17, 15) is 0 Å². The maximum atomic E-state index is 6.23. The third kappa shape index (κ3) is 4.16. The Labute approximate surface area is 189 Å². The maximum Gasteiger partial charge on any atom is 0.139 e. The van der Waals surface area contributed by atoms with E-state index in [-0.39, 0.29) is 5.41 Å². The molecule has 0 aliphatic heterocycles. The summed E-state index contributed by atoms with van der Waals surface area (Å²) in [5.74, 6) is 0. The molecule has 0 aliphatic rings. The Hall–Kier alpha value is -3.46. The Kier molecular flexibility index (Phi) is 5.05. The van der Waals surface area contributed by atoms with E-state index in [4.69, 9.17) is 9.40 Å². The van der Waals surface area contributed by atoms with Crippen molar-refractivity contribution in [2.45, 2.75) is 40.5 Å². The number of furan rings is 1. The molecule has 0 atom stereocenters. The summed E-state index contributed by atoms with van der Waals surface area (Å²) < 4.78 is 6.23. The average molecular weight is 421 g/mol. The van der Waals surface area contributed by atoms with E-state index in [0.717, 1.165) is 57.4 Å². The van der Waals surface area contributed by atoms with Gasteiger partial charge in [-0.2, -0.15) is 0 Å². The van der Waals surface area contributed by atoms with Crippen LogP contribution in [0.1, 0.15) is 43.3 Å². The van der Waals surface area contributed by atoms with Crippen molar-refractivity contribution < 1.29 is 4.42 Å². The number of benzene rings is 2. The number of hydrogen-bond acceptors (Lipinski definition) is 3. The Balaban J connectivity index is 1.64. The van der Waals surface area contributed by atoms with Crippen molar-refractivity contribution in [3.05, 3.63) is 95.4 Å². The standard InChI is InChI=1S/C29H28N2O/c1-19-14-27-28(25(31-19)15-20-8-6-5-7-9-20)23-17-22(10-11-26(23)32-27)24-16-21(12-13-30-24)18-29(2,3)4/h5-14,16-17H,15,18H2,1-4H3. The first kappa shape index (κ1) is 20.4. The summed E-state index contributed by atoms with van der Waals surface area (Å²) in [7, 11) is 0. The molecular weight excluding hydrogens is 392 g/mol. The summed E-state index contributed by atoms with van der Waals surface area (Å²) in [6.07, 6.45) is 3.71. The van der Waals surface area contributed by atoms with Gasteiger partial charge in [0.25, 0.3) is 0 Å². The van der Waals surface area contributed by atoms with Crippen LogP contribution in [-0.2, 0) is 12.8 Å². The van der Waals surface area contributed by atoms with Crippen LogP contribution < -0.4 is 0 Å². The smallest absolute Gasteiger partial charge is 0.139 e. The second-order valence-corrected chi connectivity index (χ2v) is 9.85. The van der Waals surface area contributed by atoms with Crippen molar-refractivity contribution in [3.63, 3.8) is 0 Å². The highest BCUT2D eigenvalue weighted by Gasteiger charge is 2.16. The van der Waals surface area contributed by atoms with Crippen LogP contribution in [0.4, 0.5) is 0 Å². The predicted octanol–water partition coefficient (Wildman–Crippen LogP) is 7.53. The van der Waals surface area contributed by atoms with Crippen LogP contribution in [0.5, 0.6) is 0 Å². The molecule has 0 N–H and O–H groups in total. The zero-order valence-corrected chi connectivity index (χ0v) is 19.1. The van der Waals surface area contributed by atoms with Crippen LogP contribution in [0.25, 0.3) is 33.2 Å². The van der Waals surface area contributed by atoms with Crippen LogP contribution in [0.3, 0.4) is 0 Å². The zero-order chi connectivity index (χ0) is 22.3. The fourth-order valence-corrected chi connectivity index (χ4v) is 4.44. The molecule has 5 aromatic rings. The molecule has 3 aromatic heterocycles. The van der Waals surface area contributed by atoms with Gasteiger partial charge in [0.05, 0.1) is 16.8 Å². The van der Waals surface area contributed by atoms with Crippen LogP contribution in [0.15, 0.2) is 77.3 Å². The largest absolute Gasteiger partial charge is 0.456 e. The van der Waals surface area contributed by atoms with Crippen LogP contribution in [0.2, 0.25) is 0 Å². The molecule has 3 nitrogen and oxygen atoms in total. The van der Waals surface area contributed by atoms with Gasteiger partial charge < -0.3 is 4.42 Å². The topological polar surface area (TPSA) is 38.9 Å². The molecule has 0 bridgehead atoms. The molecule has 0 saturated heterocycles. The molecule has 0 fully saturated rings. The molecule has 0 aliphatic carbocycles. The van der Waals surface area contributed by atoms with E-state index in [2.05, 4.69) is 80.4 Å². The van der Waals surface area contributed by atoms with E-state index >= 15 is 0 Å². The van der Waals surface area contributed by atoms with Crippen molar-refractivity contribution in [2.75, 3.05) is 0 Å². The highest BCUT2D eigenvalue weighted by molar-refractivity contribution is 6.07. The number of pyridine rings is 2. The number of aryl methyl sites for hydroxylation is 1. The van der Waals surface area contributed by atoms with Gasteiger partial charge in [0.15, 0.2) is 0 Å². The first-order chi connectivity index (χ1) is 15.4. The second kappa shape index (κ2) is 7.90. The lowest BCUT2D eigenvalue weighted by molar-refractivity contribution is 0.411. The van der Waals surface area contributed by atoms with E-state index < -0.39 is 0 Å². The maximum absolute atomic E-state index is 6.23. The van der Waals surface area contributed by atoms with E-state index in [1.165, 1.54) is 11.1 Å². The lowest BCUT2D eigenvalue weighted by Crippen LogP contribution is -2.09. The van der Waals surface area contributed by atoms with Crippen molar-refractivity contribution in [2.24, 2.45) is 5.41 Å². The molecule has 0 unspecified atom stereocenters. The minimum absolute atomic E-state index is 0.235. The van der Waals surface area contributed by atoms with Gasteiger partial charge in [0, 0.05) is 35.3 Å². The highest BCUT2D eigenvalue weighted by Crippen LogP contribution is 2.35. The summed E-state index contributed by atoms with van der Waals surface area (Å²) in [5, 5.41) is 2.20. The monoisotopic (exact) mass is 420 g/mol. The number of rotatable bonds is 4. The van der Waals surface area contributed by atoms with E-state index in [0.29, 0.717) is 0 Å². The van der Waals surface area contributed by atoms with Crippen molar-refractivity contribution >= 4 is 21.9 Å². The van der Waals surface area contributed by atoms with E-state index in [1.807, 2.05) is 25.3 Å². The van der Waals surface area contributed by atoms with Gasteiger partial charge in [0.1, 0.15) is 11.2 Å². The number of hydrogen-bond donors (Lipinski definition) is 0. The Morgan fingerprint density at radius 3 is 2.44 bits per heavy atom. The molecule has 0 amide bonds. The Morgan fingerprint density at radius 1 is 0.844 bits per heavy atom. The highest BCUT2D eigenvalue weighted by atomic mass is 16.3. The third-order valence-electron chi connectivity index (χ3n) is 5.72. The second-order valence-electron chi connectivity index (χ2n) is 9.85. The third-order valence-corrected chi connectivity index (χ3v) is 5.72. The van der Waals surface area contributed by atoms with Gasteiger partial charge in [-0.25, -0.2) is 0 Å². The molecule has 0 spiro atoms. The fourth-order valence-electron chi connectivity index (χ4n) is 4.44. The minimum atomic E-state index is 0.235. The zero-order valence-electron chi connectivity index (χ0n) is 19.1. The summed E-state index contributed by atoms with van der Waals surface area (Å²) in [5.41, 5.74) is 8.68. The van der Waals surface area contributed by atoms with Crippen LogP contribution in [0, 0.1) is 12.3 Å². The van der Waals surface area contributed by atoms with Gasteiger partial charge in [-0.3, -0.25) is 9.97 Å². The molecule has 5 rings (SSSR count). The minimum Gasteiger partial charge on any atom is -0.456 e. The number of nitrogens with zero attached hydrogens (tertiary/aromatic N) is 2. The molecular formula is C29H28N2O. The average Bonchev–Trinajstić information content (AvgIpc) is 3.11. The Morgan fingerprint density at radius 2 is 1.66 bits per heavy atom. The summed E-state index contributed by atoms with van der Waals surface area (Å²) in [6, 6.07) is 23.2. The van der Waals surface area contributed by atoms with Crippen LogP contribution in [-0.4, -0.2) is 9.97 Å². The molecule has 2 aromatic carbocycles. The van der Waals surface area contributed by atoms with Crippen molar-refractivity contribution in [3.8, 4) is 11.3 Å². The molecule has 0 radical (unpaired) electrons. The van der Waals surface area contributed by atoms with Crippen molar-refractivity contribution in [1.29, 1.82) is 0 Å². The van der Waals surface area contributed by atoms with Gasteiger partial charge in [0.2, 0.25) is 0 Å². The summed E-state index contributed by atoms with van der Waals surface area (Å²) in [4.78, 5) is 9.57. The lowest BCUT2D eigenvalue weighted by atomic mass is 9.88. The SMILES string of the molecule is Cc1cc2oc3ccc(-c4cc(CC(C)(C)C)ccn4)cc3c2c(Cc2ccccc2)n1. The fraction of sp³-hybridized carbons (Fsp3) is 0.241. The molecule has 32 heavy (non-hydrogen) atoms. The Bertz CT molecular complexity index is 1410.